The number of piperidine rings is 1. The summed E-state index contributed by atoms with van der Waals surface area (Å²) in [6.07, 6.45) is 12.8. The van der Waals surface area contributed by atoms with Gasteiger partial charge in [-0.3, -0.25) is 4.98 Å². The lowest BCUT2D eigenvalue weighted by molar-refractivity contribution is 0.339. The van der Waals surface area contributed by atoms with Crippen molar-refractivity contribution in [2.75, 3.05) is 13.1 Å². The van der Waals surface area contributed by atoms with Gasteiger partial charge in [0.2, 0.25) is 0 Å². The average Bonchev–Trinajstić information content (AvgIpc) is 3.15. The third kappa shape index (κ3) is 4.32. The van der Waals surface area contributed by atoms with Crippen LogP contribution < -0.4 is 5.32 Å². The van der Waals surface area contributed by atoms with Gasteiger partial charge in [-0.25, -0.2) is 4.98 Å². The van der Waals surface area contributed by atoms with Gasteiger partial charge in [0.1, 0.15) is 0 Å². The number of aryl methyl sites for hydroxylation is 2. The number of nitrogens with one attached hydrogen (secondary N) is 1. The summed E-state index contributed by atoms with van der Waals surface area (Å²) in [6, 6.07) is 10.7. The minimum Gasteiger partial charge on any atom is -0.337 e. The van der Waals surface area contributed by atoms with Crippen LogP contribution in [0.3, 0.4) is 0 Å². The lowest BCUT2D eigenvalue weighted by Crippen LogP contribution is -2.32. The molecule has 1 N–H and O–H groups in total. The van der Waals surface area contributed by atoms with Crippen molar-refractivity contribution in [1.82, 2.24) is 19.9 Å². The Morgan fingerprint density at radius 2 is 2.03 bits per heavy atom. The van der Waals surface area contributed by atoms with Crippen LogP contribution in [0.15, 0.2) is 49.1 Å². The molecule has 2 aromatic heterocycles. The van der Waals surface area contributed by atoms with Gasteiger partial charge in [-0.15, -0.1) is 0 Å². The molecule has 0 spiro atoms. The van der Waals surface area contributed by atoms with Crippen molar-refractivity contribution in [3.63, 3.8) is 0 Å². The van der Waals surface area contributed by atoms with Gasteiger partial charge in [0.05, 0.1) is 17.7 Å². The van der Waals surface area contributed by atoms with Gasteiger partial charge >= 0.3 is 0 Å². The van der Waals surface area contributed by atoms with E-state index in [1.807, 2.05) is 25.5 Å². The summed E-state index contributed by atoms with van der Waals surface area (Å²) in [4.78, 5) is 9.32. The highest BCUT2D eigenvalue weighted by molar-refractivity contribution is 6.30. The monoisotopic (exact) mass is 432 g/mol. The molecule has 0 amide bonds. The number of aromatic nitrogens is 3. The molecule has 0 radical (unpaired) electrons. The van der Waals surface area contributed by atoms with Crippen molar-refractivity contribution < 1.29 is 0 Å². The molecular weight excluding hydrogens is 404 g/mol. The van der Waals surface area contributed by atoms with Crippen LogP contribution in [0.5, 0.6) is 0 Å². The van der Waals surface area contributed by atoms with E-state index in [1.54, 1.807) is 0 Å². The van der Waals surface area contributed by atoms with Crippen LogP contribution in [-0.2, 0) is 6.54 Å². The Bertz CT molecular complexity index is 1090. The van der Waals surface area contributed by atoms with Crippen LogP contribution in [0, 0.1) is 12.8 Å². The zero-order valence-electron chi connectivity index (χ0n) is 18.0. The fourth-order valence-corrected chi connectivity index (χ4v) is 5.39. The van der Waals surface area contributed by atoms with Gasteiger partial charge in [0.15, 0.2) is 0 Å². The fraction of sp³-hybridized carbons (Fsp3) is 0.385. The lowest BCUT2D eigenvalue weighted by Gasteiger charge is -2.32. The SMILES string of the molecule is Cc1cn(CCCC2=Cc3cc(Cl)ccc3C(C3CCNCC3)c3ncccc32)cn1. The van der Waals surface area contributed by atoms with Crippen molar-refractivity contribution in [2.45, 2.75) is 45.1 Å². The molecule has 1 fully saturated rings. The Balaban J connectivity index is 1.52. The molecule has 160 valence electrons. The maximum atomic E-state index is 6.44. The maximum absolute atomic E-state index is 6.44. The zero-order chi connectivity index (χ0) is 21.2. The molecule has 1 aromatic carbocycles. The van der Waals surface area contributed by atoms with Gasteiger partial charge in [0, 0.05) is 29.9 Å². The highest BCUT2D eigenvalue weighted by atomic mass is 35.5. The second-order valence-corrected chi connectivity index (χ2v) is 9.24. The topological polar surface area (TPSA) is 42.7 Å². The van der Waals surface area contributed by atoms with Crippen molar-refractivity contribution in [3.05, 3.63) is 82.2 Å². The smallest absolute Gasteiger partial charge is 0.0949 e. The predicted molar refractivity (Wildman–Crippen MR) is 127 cm³/mol. The fourth-order valence-electron chi connectivity index (χ4n) is 5.21. The van der Waals surface area contributed by atoms with E-state index in [0.29, 0.717) is 11.8 Å². The Kier molecular flexibility index (Phi) is 5.93. The molecule has 5 heteroatoms. The largest absolute Gasteiger partial charge is 0.337 e. The standard InChI is InChI=1S/C26H29ClN4/c1-18-16-31(17-30-18)13-3-4-20-14-21-15-22(27)6-7-23(21)25(19-8-11-28-12-9-19)26-24(20)5-2-10-29-26/h2,5-7,10,14-17,19,25,28H,3-4,8-9,11-13H2,1H3. The number of fused-ring (bicyclic) bond motifs is 2. The van der Waals surface area contributed by atoms with Crippen molar-refractivity contribution in [1.29, 1.82) is 0 Å². The Labute approximate surface area is 189 Å². The van der Waals surface area contributed by atoms with Crippen LogP contribution in [0.1, 0.15) is 59.7 Å². The summed E-state index contributed by atoms with van der Waals surface area (Å²) < 4.78 is 2.18. The lowest BCUT2D eigenvalue weighted by atomic mass is 9.76. The van der Waals surface area contributed by atoms with E-state index in [0.717, 1.165) is 43.2 Å². The van der Waals surface area contributed by atoms with Crippen LogP contribution >= 0.6 is 11.6 Å². The highest BCUT2D eigenvalue weighted by Crippen LogP contribution is 2.44. The molecule has 5 rings (SSSR count). The maximum Gasteiger partial charge on any atom is 0.0949 e. The van der Waals surface area contributed by atoms with Gasteiger partial charge in [-0.2, -0.15) is 0 Å². The number of allylic oxidation sites excluding steroid dienone is 1. The second kappa shape index (κ2) is 8.97. The van der Waals surface area contributed by atoms with Crippen LogP contribution in [-0.4, -0.2) is 27.6 Å². The first kappa shape index (κ1) is 20.5. The Morgan fingerprint density at radius 3 is 2.84 bits per heavy atom. The molecular formula is C26H29ClN4. The van der Waals surface area contributed by atoms with Gasteiger partial charge in [0.25, 0.3) is 0 Å². The molecule has 1 aliphatic carbocycles. The molecule has 3 heterocycles. The number of pyridine rings is 1. The van der Waals surface area contributed by atoms with E-state index >= 15 is 0 Å². The van der Waals surface area contributed by atoms with E-state index in [9.17, 15) is 0 Å². The second-order valence-electron chi connectivity index (χ2n) is 8.80. The number of hydrogen-bond acceptors (Lipinski definition) is 3. The van der Waals surface area contributed by atoms with Crippen LogP contribution in [0.25, 0.3) is 11.6 Å². The van der Waals surface area contributed by atoms with E-state index in [2.05, 4.69) is 51.4 Å². The Morgan fingerprint density at radius 1 is 1.16 bits per heavy atom. The number of benzene rings is 1. The molecule has 4 nitrogen and oxygen atoms in total. The first-order valence-electron chi connectivity index (χ1n) is 11.3. The predicted octanol–water partition coefficient (Wildman–Crippen LogP) is 5.71. The summed E-state index contributed by atoms with van der Waals surface area (Å²) in [5.41, 5.74) is 7.59. The number of imidazole rings is 1. The summed E-state index contributed by atoms with van der Waals surface area (Å²) in [5.74, 6) is 0.909. The first-order chi connectivity index (χ1) is 15.2. The van der Waals surface area contributed by atoms with Gasteiger partial charge < -0.3 is 9.88 Å². The molecule has 0 bridgehead atoms. The van der Waals surface area contributed by atoms with Gasteiger partial charge in [-0.1, -0.05) is 29.8 Å². The normalized spacial score (nSPS) is 18.8. The molecule has 3 aromatic rings. The Hall–Kier alpha value is -2.43. The van der Waals surface area contributed by atoms with Crippen LogP contribution in [0.2, 0.25) is 5.02 Å². The van der Waals surface area contributed by atoms with Gasteiger partial charge in [-0.05, 0) is 92.1 Å². The zero-order valence-corrected chi connectivity index (χ0v) is 18.8. The van der Waals surface area contributed by atoms with Crippen molar-refractivity contribution >= 4 is 23.3 Å². The molecule has 2 aliphatic rings. The van der Waals surface area contributed by atoms with E-state index in [-0.39, 0.29) is 0 Å². The van der Waals surface area contributed by atoms with Crippen molar-refractivity contribution in [2.24, 2.45) is 5.92 Å². The third-order valence-corrected chi connectivity index (χ3v) is 6.91. The number of rotatable bonds is 5. The average molecular weight is 433 g/mol. The van der Waals surface area contributed by atoms with Crippen molar-refractivity contribution in [3.8, 4) is 0 Å². The number of nitrogens with zero attached hydrogens (tertiary/aromatic N) is 3. The van der Waals surface area contributed by atoms with Crippen LogP contribution in [0.4, 0.5) is 0 Å². The van der Waals surface area contributed by atoms with E-state index in [4.69, 9.17) is 16.6 Å². The molecule has 1 aliphatic heterocycles. The van der Waals surface area contributed by atoms with E-state index in [1.165, 1.54) is 40.8 Å². The molecule has 1 saturated heterocycles. The summed E-state index contributed by atoms with van der Waals surface area (Å²) in [7, 11) is 0. The minimum atomic E-state index is 0.315. The molecule has 1 unspecified atom stereocenters. The third-order valence-electron chi connectivity index (χ3n) is 6.67. The summed E-state index contributed by atoms with van der Waals surface area (Å²) in [6.45, 7) is 5.16. The molecule has 1 atom stereocenters. The quantitative estimate of drug-likeness (QED) is 0.561. The first-order valence-corrected chi connectivity index (χ1v) is 11.7. The molecule has 31 heavy (non-hydrogen) atoms. The highest BCUT2D eigenvalue weighted by Gasteiger charge is 2.32. The number of halogens is 1. The summed E-state index contributed by atoms with van der Waals surface area (Å²) in [5, 5.41) is 4.32. The molecule has 0 saturated carbocycles. The van der Waals surface area contributed by atoms with E-state index < -0.39 is 0 Å². The minimum absolute atomic E-state index is 0.315. The number of hydrogen-bond donors (Lipinski definition) is 1. The summed E-state index contributed by atoms with van der Waals surface area (Å²) >= 11 is 6.44.